The van der Waals surface area contributed by atoms with Gasteiger partial charge in [-0.05, 0) is 36.0 Å². The summed E-state index contributed by atoms with van der Waals surface area (Å²) in [5.74, 6) is 5.80. The van der Waals surface area contributed by atoms with Gasteiger partial charge in [-0.15, -0.1) is 0 Å². The molecule has 1 aromatic rings. The van der Waals surface area contributed by atoms with E-state index in [2.05, 4.69) is 39.0 Å². The van der Waals surface area contributed by atoms with Gasteiger partial charge in [-0.2, -0.15) is 0 Å². The van der Waals surface area contributed by atoms with Crippen LogP contribution in [-0.4, -0.2) is 0 Å². The highest BCUT2D eigenvalue weighted by molar-refractivity contribution is 9.10. The molecule has 0 aromatic heterocycles. The van der Waals surface area contributed by atoms with Gasteiger partial charge >= 0.3 is 0 Å². The Labute approximate surface area is 98.9 Å². The molecule has 2 rings (SSSR count). The van der Waals surface area contributed by atoms with Gasteiger partial charge in [-0.3, -0.25) is 4.84 Å². The summed E-state index contributed by atoms with van der Waals surface area (Å²) in [5.41, 5.74) is 2.55. The van der Waals surface area contributed by atoms with Gasteiger partial charge in [0.15, 0.2) is 0 Å². The fourth-order valence-corrected chi connectivity index (χ4v) is 3.07. The molecule has 1 aromatic carbocycles. The van der Waals surface area contributed by atoms with Crippen LogP contribution < -0.4 is 5.90 Å². The van der Waals surface area contributed by atoms with E-state index in [9.17, 15) is 0 Å². The Bertz CT molecular complexity index is 334. The van der Waals surface area contributed by atoms with Gasteiger partial charge < -0.3 is 0 Å². The van der Waals surface area contributed by atoms with Crippen molar-refractivity contribution in [3.63, 3.8) is 0 Å². The zero-order chi connectivity index (χ0) is 10.7. The predicted octanol–water partition coefficient (Wildman–Crippen LogP) is 3.50. The lowest BCUT2D eigenvalue weighted by Crippen LogP contribution is -2.00. The van der Waals surface area contributed by atoms with Crippen LogP contribution in [0.25, 0.3) is 0 Å². The van der Waals surface area contributed by atoms with Crippen molar-refractivity contribution >= 4 is 15.9 Å². The van der Waals surface area contributed by atoms with Crippen LogP contribution in [0.4, 0.5) is 0 Å². The van der Waals surface area contributed by atoms with Gasteiger partial charge in [-0.25, -0.2) is 5.90 Å². The largest absolute Gasteiger partial charge is 0.300 e. The Balaban J connectivity index is 2.18. The van der Waals surface area contributed by atoms with Crippen LogP contribution in [0.15, 0.2) is 22.7 Å². The average Bonchev–Trinajstić information content (AvgIpc) is 2.71. The van der Waals surface area contributed by atoms with E-state index in [-0.39, 0.29) is 0 Å². The monoisotopic (exact) mass is 269 g/mol. The summed E-state index contributed by atoms with van der Waals surface area (Å²) < 4.78 is 1.20. The highest BCUT2D eigenvalue weighted by atomic mass is 79.9. The molecule has 0 atom stereocenters. The molecule has 2 N–H and O–H groups in total. The summed E-state index contributed by atoms with van der Waals surface area (Å²) in [6.07, 6.45) is 5.38. The number of nitrogens with two attached hydrogens (primary N) is 1. The van der Waals surface area contributed by atoms with Crippen molar-refractivity contribution < 1.29 is 4.84 Å². The summed E-state index contributed by atoms with van der Waals surface area (Å²) in [4.78, 5) is 4.63. The van der Waals surface area contributed by atoms with Crippen LogP contribution in [0.1, 0.15) is 42.7 Å². The Morgan fingerprint density at radius 2 is 2.07 bits per heavy atom. The normalized spacial score (nSPS) is 17.2. The maximum Gasteiger partial charge on any atom is 0.0930 e. The SMILES string of the molecule is NOCc1ccc(C2CCCC2)c(Br)c1. The number of benzene rings is 1. The smallest absolute Gasteiger partial charge is 0.0930 e. The lowest BCUT2D eigenvalue weighted by Gasteiger charge is -2.12. The molecule has 0 radical (unpaired) electrons. The minimum atomic E-state index is 0.476. The molecule has 0 aliphatic heterocycles. The van der Waals surface area contributed by atoms with E-state index >= 15 is 0 Å². The van der Waals surface area contributed by atoms with E-state index in [1.165, 1.54) is 35.7 Å². The van der Waals surface area contributed by atoms with Crippen LogP contribution in [0.2, 0.25) is 0 Å². The number of rotatable bonds is 3. The highest BCUT2D eigenvalue weighted by Gasteiger charge is 2.19. The quantitative estimate of drug-likeness (QED) is 0.853. The summed E-state index contributed by atoms with van der Waals surface area (Å²) in [6, 6.07) is 6.42. The van der Waals surface area contributed by atoms with Crippen molar-refractivity contribution in [3.05, 3.63) is 33.8 Å². The molecular weight excluding hydrogens is 254 g/mol. The van der Waals surface area contributed by atoms with Crippen molar-refractivity contribution in [3.8, 4) is 0 Å². The molecule has 3 heteroatoms. The maximum atomic E-state index is 5.06. The van der Waals surface area contributed by atoms with Crippen molar-refractivity contribution in [1.82, 2.24) is 0 Å². The number of hydrogen-bond acceptors (Lipinski definition) is 2. The summed E-state index contributed by atoms with van der Waals surface area (Å²) in [7, 11) is 0. The Hall–Kier alpha value is -0.380. The van der Waals surface area contributed by atoms with Gasteiger partial charge in [0.2, 0.25) is 0 Å². The molecule has 1 saturated carbocycles. The number of halogens is 1. The molecule has 1 aliphatic carbocycles. The molecule has 0 spiro atoms. The lowest BCUT2D eigenvalue weighted by atomic mass is 9.97. The van der Waals surface area contributed by atoms with Crippen molar-refractivity contribution in [2.75, 3.05) is 0 Å². The Kier molecular flexibility index (Phi) is 3.78. The van der Waals surface area contributed by atoms with Crippen LogP contribution in [0, 0.1) is 0 Å². The first-order valence-corrected chi connectivity index (χ1v) is 6.20. The molecule has 0 amide bonds. The third-order valence-electron chi connectivity index (χ3n) is 3.11. The van der Waals surface area contributed by atoms with Crippen molar-refractivity contribution in [2.45, 2.75) is 38.2 Å². The van der Waals surface area contributed by atoms with E-state index in [0.717, 1.165) is 11.5 Å². The lowest BCUT2D eigenvalue weighted by molar-refractivity contribution is 0.124. The molecule has 0 saturated heterocycles. The van der Waals surface area contributed by atoms with Gasteiger partial charge in [0, 0.05) is 4.47 Å². The molecule has 2 nitrogen and oxygen atoms in total. The second-order valence-electron chi connectivity index (χ2n) is 4.15. The molecule has 1 aliphatic rings. The van der Waals surface area contributed by atoms with E-state index in [1.807, 2.05) is 0 Å². The van der Waals surface area contributed by atoms with Gasteiger partial charge in [-0.1, -0.05) is 40.9 Å². The third-order valence-corrected chi connectivity index (χ3v) is 3.80. The minimum Gasteiger partial charge on any atom is -0.300 e. The molecule has 0 unspecified atom stereocenters. The fourth-order valence-electron chi connectivity index (χ4n) is 2.32. The molecule has 15 heavy (non-hydrogen) atoms. The Morgan fingerprint density at radius 3 is 2.67 bits per heavy atom. The minimum absolute atomic E-state index is 0.476. The molecule has 0 heterocycles. The van der Waals surface area contributed by atoms with E-state index in [1.54, 1.807) is 0 Å². The summed E-state index contributed by atoms with van der Waals surface area (Å²) in [6.45, 7) is 0.476. The van der Waals surface area contributed by atoms with Crippen molar-refractivity contribution in [2.24, 2.45) is 5.90 Å². The predicted molar refractivity (Wildman–Crippen MR) is 64.3 cm³/mol. The van der Waals surface area contributed by atoms with Gasteiger partial charge in [0.1, 0.15) is 0 Å². The molecule has 0 bridgehead atoms. The van der Waals surface area contributed by atoms with Gasteiger partial charge in [0.25, 0.3) is 0 Å². The first-order valence-electron chi connectivity index (χ1n) is 5.41. The molecular formula is C12H16BrNO. The first kappa shape index (κ1) is 11.1. The summed E-state index contributed by atoms with van der Waals surface area (Å²) >= 11 is 3.63. The van der Waals surface area contributed by atoms with E-state index in [0.29, 0.717) is 6.61 Å². The maximum absolute atomic E-state index is 5.06. The van der Waals surface area contributed by atoms with Crippen LogP contribution >= 0.6 is 15.9 Å². The van der Waals surface area contributed by atoms with Crippen LogP contribution in [0.5, 0.6) is 0 Å². The number of hydrogen-bond donors (Lipinski definition) is 1. The fraction of sp³-hybridized carbons (Fsp3) is 0.500. The van der Waals surface area contributed by atoms with Crippen molar-refractivity contribution in [1.29, 1.82) is 0 Å². The van der Waals surface area contributed by atoms with Gasteiger partial charge in [0.05, 0.1) is 6.61 Å². The highest BCUT2D eigenvalue weighted by Crippen LogP contribution is 2.37. The third kappa shape index (κ3) is 2.60. The first-order chi connectivity index (χ1) is 7.31. The average molecular weight is 270 g/mol. The Morgan fingerprint density at radius 1 is 1.33 bits per heavy atom. The zero-order valence-corrected chi connectivity index (χ0v) is 10.3. The topological polar surface area (TPSA) is 35.2 Å². The summed E-state index contributed by atoms with van der Waals surface area (Å²) in [5, 5.41) is 0. The molecule has 82 valence electrons. The van der Waals surface area contributed by atoms with E-state index < -0.39 is 0 Å². The van der Waals surface area contributed by atoms with Crippen LogP contribution in [-0.2, 0) is 11.4 Å². The molecule has 1 fully saturated rings. The van der Waals surface area contributed by atoms with Crippen LogP contribution in [0.3, 0.4) is 0 Å². The second-order valence-corrected chi connectivity index (χ2v) is 5.00. The van der Waals surface area contributed by atoms with E-state index in [4.69, 9.17) is 5.90 Å². The zero-order valence-electron chi connectivity index (χ0n) is 8.71. The standard InChI is InChI=1S/C12H16BrNO/c13-12-7-9(8-15-14)5-6-11(12)10-3-1-2-4-10/h5-7,10H,1-4,8,14H2. The second kappa shape index (κ2) is 5.10.